The van der Waals surface area contributed by atoms with Gasteiger partial charge in [0.15, 0.2) is 0 Å². The molecule has 0 bridgehead atoms. The van der Waals surface area contributed by atoms with E-state index in [9.17, 15) is 9.59 Å². The number of nitrogens with one attached hydrogen (secondary N) is 1. The Kier molecular flexibility index (Phi) is 5.01. The minimum Gasteiger partial charge on any atom is -0.396 e. The topological polar surface area (TPSA) is 114 Å². The maximum Gasteiger partial charge on any atom is 0.271 e. The van der Waals surface area contributed by atoms with Crippen LogP contribution in [0.15, 0.2) is 47.6 Å². The molecule has 1 aliphatic heterocycles. The van der Waals surface area contributed by atoms with Gasteiger partial charge in [0.1, 0.15) is 11.8 Å². The zero-order valence-electron chi connectivity index (χ0n) is 13.4. The molecule has 0 saturated heterocycles. The van der Waals surface area contributed by atoms with Crippen LogP contribution >= 0.6 is 23.2 Å². The van der Waals surface area contributed by atoms with E-state index in [1.165, 1.54) is 17.1 Å². The second-order valence-corrected chi connectivity index (χ2v) is 6.47. The number of carbonyl (C=O) groups excluding carboxylic acids is 2. The molecule has 9 heteroatoms. The molecule has 1 unspecified atom stereocenters. The van der Waals surface area contributed by atoms with Crippen LogP contribution in [-0.4, -0.2) is 23.6 Å². The molecular formula is C17H15Cl2N5O2. The molecule has 1 atom stereocenters. The SMILES string of the molecule is NC(=O)C1CC(C(=O)Nc2cc(Cl)c(N)c(Cl)c2)=NN1c1ccccc1. The first kappa shape index (κ1) is 18.0. The van der Waals surface area contributed by atoms with Crippen molar-refractivity contribution in [1.82, 2.24) is 0 Å². The van der Waals surface area contributed by atoms with Gasteiger partial charge in [-0.05, 0) is 24.3 Å². The Morgan fingerprint density at radius 2 is 1.77 bits per heavy atom. The molecule has 134 valence electrons. The summed E-state index contributed by atoms with van der Waals surface area (Å²) in [6.45, 7) is 0. The minimum absolute atomic E-state index is 0.0898. The predicted molar refractivity (Wildman–Crippen MR) is 103 cm³/mol. The Hall–Kier alpha value is -2.77. The second kappa shape index (κ2) is 7.23. The number of hydrazone groups is 1. The van der Waals surface area contributed by atoms with E-state index in [0.29, 0.717) is 11.4 Å². The predicted octanol–water partition coefficient (Wildman–Crippen LogP) is 2.63. The van der Waals surface area contributed by atoms with Crippen molar-refractivity contribution in [3.63, 3.8) is 0 Å². The Morgan fingerprint density at radius 3 is 2.35 bits per heavy atom. The summed E-state index contributed by atoms with van der Waals surface area (Å²) in [5.41, 5.74) is 12.6. The Labute approximate surface area is 159 Å². The number of hydrogen-bond donors (Lipinski definition) is 3. The van der Waals surface area contributed by atoms with Gasteiger partial charge < -0.3 is 16.8 Å². The van der Waals surface area contributed by atoms with Gasteiger partial charge >= 0.3 is 0 Å². The summed E-state index contributed by atoms with van der Waals surface area (Å²) in [5, 5.41) is 8.81. The van der Waals surface area contributed by atoms with E-state index in [2.05, 4.69) is 10.4 Å². The fraction of sp³-hybridized carbons (Fsp3) is 0.118. The number of anilines is 3. The Bertz CT molecular complexity index is 878. The molecular weight excluding hydrogens is 377 g/mol. The molecule has 5 N–H and O–H groups in total. The highest BCUT2D eigenvalue weighted by atomic mass is 35.5. The molecule has 26 heavy (non-hydrogen) atoms. The fourth-order valence-corrected chi connectivity index (χ4v) is 3.03. The number of rotatable bonds is 4. The quantitative estimate of drug-likeness (QED) is 0.694. The highest BCUT2D eigenvalue weighted by Crippen LogP contribution is 2.31. The summed E-state index contributed by atoms with van der Waals surface area (Å²) < 4.78 is 0. The molecule has 0 radical (unpaired) electrons. The molecule has 0 aliphatic carbocycles. The van der Waals surface area contributed by atoms with Crippen molar-refractivity contribution >= 4 is 57.8 Å². The number of nitrogen functional groups attached to an aromatic ring is 1. The van der Waals surface area contributed by atoms with Crippen LogP contribution in [0.25, 0.3) is 0 Å². The van der Waals surface area contributed by atoms with E-state index in [1.54, 1.807) is 24.3 Å². The third kappa shape index (κ3) is 3.58. The number of carbonyl (C=O) groups is 2. The van der Waals surface area contributed by atoms with Gasteiger partial charge in [0.25, 0.3) is 5.91 Å². The smallest absolute Gasteiger partial charge is 0.271 e. The van der Waals surface area contributed by atoms with Crippen molar-refractivity contribution in [3.8, 4) is 0 Å². The van der Waals surface area contributed by atoms with Crippen molar-refractivity contribution in [1.29, 1.82) is 0 Å². The summed E-state index contributed by atoms with van der Waals surface area (Å²) in [4.78, 5) is 24.3. The molecule has 0 spiro atoms. The summed E-state index contributed by atoms with van der Waals surface area (Å²) >= 11 is 11.9. The number of primary amides is 1. The van der Waals surface area contributed by atoms with Crippen LogP contribution in [-0.2, 0) is 9.59 Å². The standard InChI is InChI=1S/C17H15Cl2N5O2/c18-11-6-9(7-12(19)15(11)20)22-17(26)13-8-14(16(21)25)24(23-13)10-4-2-1-3-5-10/h1-7,14H,8,20H2,(H2,21,25)(H,22,26). The second-order valence-electron chi connectivity index (χ2n) is 5.66. The van der Waals surface area contributed by atoms with Gasteiger partial charge in [0.05, 0.1) is 21.4 Å². The van der Waals surface area contributed by atoms with Crippen LogP contribution in [0, 0.1) is 0 Å². The zero-order chi connectivity index (χ0) is 18.8. The van der Waals surface area contributed by atoms with E-state index in [4.69, 9.17) is 34.7 Å². The molecule has 2 aromatic rings. The lowest BCUT2D eigenvalue weighted by atomic mass is 10.1. The third-order valence-electron chi connectivity index (χ3n) is 3.86. The van der Waals surface area contributed by atoms with Crippen LogP contribution in [0.2, 0.25) is 10.0 Å². The number of nitrogens with two attached hydrogens (primary N) is 2. The highest BCUT2D eigenvalue weighted by Gasteiger charge is 2.35. The van der Waals surface area contributed by atoms with E-state index < -0.39 is 17.9 Å². The first-order valence-corrected chi connectivity index (χ1v) is 8.39. The van der Waals surface area contributed by atoms with E-state index in [0.717, 1.165) is 0 Å². The lowest BCUT2D eigenvalue weighted by molar-refractivity contribution is -0.119. The molecule has 1 heterocycles. The van der Waals surface area contributed by atoms with Gasteiger partial charge in [0, 0.05) is 12.1 Å². The summed E-state index contributed by atoms with van der Waals surface area (Å²) in [5.74, 6) is -1.05. The number of para-hydroxylation sites is 1. The summed E-state index contributed by atoms with van der Waals surface area (Å²) in [6, 6.07) is 11.2. The van der Waals surface area contributed by atoms with E-state index in [-0.39, 0.29) is 27.9 Å². The number of amides is 2. The molecule has 0 aromatic heterocycles. The van der Waals surface area contributed by atoms with Crippen molar-refractivity contribution < 1.29 is 9.59 Å². The Morgan fingerprint density at radius 1 is 1.15 bits per heavy atom. The monoisotopic (exact) mass is 391 g/mol. The molecule has 0 saturated carbocycles. The fourth-order valence-electron chi connectivity index (χ4n) is 2.55. The maximum atomic E-state index is 12.5. The normalized spacial score (nSPS) is 16.3. The van der Waals surface area contributed by atoms with Gasteiger partial charge in [-0.25, -0.2) is 0 Å². The zero-order valence-corrected chi connectivity index (χ0v) is 15.0. The van der Waals surface area contributed by atoms with Crippen molar-refractivity contribution in [3.05, 3.63) is 52.5 Å². The van der Waals surface area contributed by atoms with Crippen LogP contribution in [0.3, 0.4) is 0 Å². The molecule has 2 aromatic carbocycles. The Balaban J connectivity index is 1.84. The van der Waals surface area contributed by atoms with Crippen molar-refractivity contribution in [2.45, 2.75) is 12.5 Å². The van der Waals surface area contributed by atoms with Crippen LogP contribution in [0.4, 0.5) is 17.1 Å². The average Bonchev–Trinajstić information content (AvgIpc) is 3.06. The number of nitrogens with zero attached hydrogens (tertiary/aromatic N) is 2. The third-order valence-corrected chi connectivity index (χ3v) is 4.48. The molecule has 2 amide bonds. The molecule has 3 rings (SSSR count). The lowest BCUT2D eigenvalue weighted by Crippen LogP contribution is -2.39. The van der Waals surface area contributed by atoms with E-state index in [1.807, 2.05) is 6.07 Å². The number of hydrogen-bond acceptors (Lipinski definition) is 5. The van der Waals surface area contributed by atoms with Gasteiger partial charge in [-0.15, -0.1) is 0 Å². The van der Waals surface area contributed by atoms with Crippen LogP contribution < -0.4 is 21.8 Å². The van der Waals surface area contributed by atoms with Gasteiger partial charge in [-0.3, -0.25) is 14.6 Å². The summed E-state index contributed by atoms with van der Waals surface area (Å²) in [7, 11) is 0. The van der Waals surface area contributed by atoms with Crippen molar-refractivity contribution in [2.75, 3.05) is 16.1 Å². The first-order valence-electron chi connectivity index (χ1n) is 7.63. The van der Waals surface area contributed by atoms with Crippen LogP contribution in [0.5, 0.6) is 0 Å². The van der Waals surface area contributed by atoms with Crippen molar-refractivity contribution in [2.24, 2.45) is 10.8 Å². The summed E-state index contributed by atoms with van der Waals surface area (Å²) in [6.07, 6.45) is 0.0898. The van der Waals surface area contributed by atoms with E-state index >= 15 is 0 Å². The highest BCUT2D eigenvalue weighted by molar-refractivity contribution is 6.45. The largest absolute Gasteiger partial charge is 0.396 e. The number of halogens is 2. The minimum atomic E-state index is -0.739. The molecule has 0 fully saturated rings. The molecule has 1 aliphatic rings. The number of benzene rings is 2. The van der Waals surface area contributed by atoms with Gasteiger partial charge in [-0.2, -0.15) is 5.10 Å². The van der Waals surface area contributed by atoms with Crippen LogP contribution in [0.1, 0.15) is 6.42 Å². The average molecular weight is 392 g/mol. The first-order chi connectivity index (χ1) is 12.4. The van der Waals surface area contributed by atoms with Gasteiger partial charge in [0.2, 0.25) is 5.91 Å². The molecule has 7 nitrogen and oxygen atoms in total. The maximum absolute atomic E-state index is 12.5. The van der Waals surface area contributed by atoms with Gasteiger partial charge in [-0.1, -0.05) is 41.4 Å². The lowest BCUT2D eigenvalue weighted by Gasteiger charge is -2.20.